The molecule has 0 atom stereocenters. The first-order valence-electron chi connectivity index (χ1n) is 6.55. The fraction of sp³-hybridized carbons (Fsp3) is 0.375. The maximum absolute atomic E-state index is 4.73. The molecule has 0 aliphatic rings. The first-order chi connectivity index (χ1) is 8.94. The summed E-state index contributed by atoms with van der Waals surface area (Å²) in [7, 11) is 1.93. The van der Waals surface area contributed by atoms with Crippen molar-refractivity contribution < 1.29 is 0 Å². The molecule has 100 valence electrons. The molecule has 0 saturated heterocycles. The second-order valence-electron chi connectivity index (χ2n) is 5.41. The topological polar surface area (TPSA) is 37.8 Å². The quantitative estimate of drug-likeness (QED) is 0.915. The average Bonchev–Trinajstić information content (AvgIpc) is 2.38. The van der Waals surface area contributed by atoms with Gasteiger partial charge in [0.05, 0.1) is 11.2 Å². The summed E-state index contributed by atoms with van der Waals surface area (Å²) in [4.78, 5) is 9.29. The van der Waals surface area contributed by atoms with E-state index in [0.717, 1.165) is 17.2 Å². The van der Waals surface area contributed by atoms with Gasteiger partial charge in [-0.15, -0.1) is 0 Å². The lowest BCUT2D eigenvalue weighted by Gasteiger charge is -2.23. The Morgan fingerprint density at radius 1 is 1.05 bits per heavy atom. The Morgan fingerprint density at radius 3 is 2.37 bits per heavy atom. The van der Waals surface area contributed by atoms with E-state index in [1.165, 1.54) is 11.1 Å². The van der Waals surface area contributed by atoms with Gasteiger partial charge in [-0.1, -0.05) is 24.3 Å². The first kappa shape index (κ1) is 13.7. The van der Waals surface area contributed by atoms with Crippen LogP contribution in [0.4, 0.5) is 0 Å². The Kier molecular flexibility index (Phi) is 3.67. The van der Waals surface area contributed by atoms with E-state index < -0.39 is 0 Å². The van der Waals surface area contributed by atoms with Crippen LogP contribution in [0, 0.1) is 13.8 Å². The standard InChI is InChI=1S/C16H21N3/c1-11-8-6-7-9-13(11)14-10-12(2)18-15(19-14)16(3,4)17-5/h6-10,17H,1-5H3. The molecule has 1 N–H and O–H groups in total. The highest BCUT2D eigenvalue weighted by atomic mass is 15.0. The Balaban J connectivity index is 2.58. The Morgan fingerprint density at radius 2 is 1.74 bits per heavy atom. The van der Waals surface area contributed by atoms with Gasteiger partial charge in [0.2, 0.25) is 0 Å². The van der Waals surface area contributed by atoms with Gasteiger partial charge in [-0.2, -0.15) is 0 Å². The molecule has 3 heteroatoms. The summed E-state index contributed by atoms with van der Waals surface area (Å²) < 4.78 is 0. The number of hydrogen-bond donors (Lipinski definition) is 1. The van der Waals surface area contributed by atoms with E-state index >= 15 is 0 Å². The van der Waals surface area contributed by atoms with Gasteiger partial charge in [-0.25, -0.2) is 9.97 Å². The molecule has 0 aliphatic heterocycles. The van der Waals surface area contributed by atoms with Crippen molar-refractivity contribution in [1.29, 1.82) is 0 Å². The number of nitrogens with one attached hydrogen (secondary N) is 1. The van der Waals surface area contributed by atoms with E-state index in [4.69, 9.17) is 4.98 Å². The highest BCUT2D eigenvalue weighted by Crippen LogP contribution is 2.24. The molecule has 0 fully saturated rings. The minimum Gasteiger partial charge on any atom is -0.308 e. The molecular weight excluding hydrogens is 234 g/mol. The minimum absolute atomic E-state index is 0.233. The molecule has 1 aromatic heterocycles. The van der Waals surface area contributed by atoms with E-state index in [2.05, 4.69) is 43.2 Å². The van der Waals surface area contributed by atoms with Crippen molar-refractivity contribution in [2.75, 3.05) is 7.05 Å². The van der Waals surface area contributed by atoms with Crippen LogP contribution in [-0.2, 0) is 5.54 Å². The Hall–Kier alpha value is -1.74. The summed E-state index contributed by atoms with van der Waals surface area (Å²) in [6.07, 6.45) is 0. The van der Waals surface area contributed by atoms with Crippen LogP contribution in [0.25, 0.3) is 11.3 Å². The van der Waals surface area contributed by atoms with E-state index in [-0.39, 0.29) is 5.54 Å². The second kappa shape index (κ2) is 5.10. The zero-order chi connectivity index (χ0) is 14.0. The molecule has 0 aliphatic carbocycles. The Bertz CT molecular complexity index is 588. The molecule has 0 amide bonds. The van der Waals surface area contributed by atoms with Gasteiger partial charge < -0.3 is 5.32 Å². The molecule has 0 saturated carbocycles. The van der Waals surface area contributed by atoms with E-state index in [1.807, 2.05) is 32.2 Å². The fourth-order valence-corrected chi connectivity index (χ4v) is 1.96. The van der Waals surface area contributed by atoms with Gasteiger partial charge >= 0.3 is 0 Å². The molecule has 0 unspecified atom stereocenters. The van der Waals surface area contributed by atoms with Crippen LogP contribution in [0.3, 0.4) is 0 Å². The third-order valence-corrected chi connectivity index (χ3v) is 3.46. The van der Waals surface area contributed by atoms with Crippen LogP contribution in [0.5, 0.6) is 0 Å². The predicted molar refractivity (Wildman–Crippen MR) is 79.0 cm³/mol. The molecule has 0 spiro atoms. The lowest BCUT2D eigenvalue weighted by Crippen LogP contribution is -2.35. The van der Waals surface area contributed by atoms with E-state index in [9.17, 15) is 0 Å². The molecule has 2 rings (SSSR count). The molecule has 0 bridgehead atoms. The fourth-order valence-electron chi connectivity index (χ4n) is 1.96. The molecular formula is C16H21N3. The molecule has 0 radical (unpaired) electrons. The van der Waals surface area contributed by atoms with Gasteiger partial charge in [0.25, 0.3) is 0 Å². The smallest absolute Gasteiger partial charge is 0.148 e. The van der Waals surface area contributed by atoms with Crippen LogP contribution in [-0.4, -0.2) is 17.0 Å². The van der Waals surface area contributed by atoms with Crippen LogP contribution in [0.1, 0.15) is 30.9 Å². The lowest BCUT2D eigenvalue weighted by molar-refractivity contribution is 0.416. The average molecular weight is 255 g/mol. The monoisotopic (exact) mass is 255 g/mol. The SMILES string of the molecule is CNC(C)(C)c1nc(C)cc(-c2ccccc2C)n1. The third kappa shape index (κ3) is 2.82. The number of nitrogens with zero attached hydrogens (tertiary/aromatic N) is 2. The summed E-state index contributed by atoms with van der Waals surface area (Å²) in [6.45, 7) is 8.29. The molecule has 19 heavy (non-hydrogen) atoms. The number of benzene rings is 1. The zero-order valence-corrected chi connectivity index (χ0v) is 12.3. The van der Waals surface area contributed by atoms with Crippen molar-refractivity contribution in [1.82, 2.24) is 15.3 Å². The predicted octanol–water partition coefficient (Wildman–Crippen LogP) is 3.21. The molecule has 1 aromatic carbocycles. The van der Waals surface area contributed by atoms with Crippen LogP contribution in [0.2, 0.25) is 0 Å². The van der Waals surface area contributed by atoms with E-state index in [0.29, 0.717) is 0 Å². The number of hydrogen-bond acceptors (Lipinski definition) is 3. The van der Waals surface area contributed by atoms with Crippen molar-refractivity contribution in [3.8, 4) is 11.3 Å². The maximum atomic E-state index is 4.73. The van der Waals surface area contributed by atoms with Gasteiger partial charge in [-0.05, 0) is 46.4 Å². The normalized spacial score (nSPS) is 11.6. The summed E-state index contributed by atoms with van der Waals surface area (Å²) in [5.74, 6) is 0.827. The summed E-state index contributed by atoms with van der Waals surface area (Å²) in [6, 6.07) is 10.3. The van der Waals surface area contributed by atoms with Crippen molar-refractivity contribution >= 4 is 0 Å². The Labute approximate surface area is 115 Å². The van der Waals surface area contributed by atoms with Crippen molar-refractivity contribution in [2.45, 2.75) is 33.2 Å². The van der Waals surface area contributed by atoms with Gasteiger partial charge in [-0.3, -0.25) is 0 Å². The van der Waals surface area contributed by atoms with Gasteiger partial charge in [0.15, 0.2) is 0 Å². The van der Waals surface area contributed by atoms with Crippen molar-refractivity contribution in [3.63, 3.8) is 0 Å². The first-order valence-corrected chi connectivity index (χ1v) is 6.55. The summed E-state index contributed by atoms with van der Waals surface area (Å²) in [5.41, 5.74) is 4.15. The van der Waals surface area contributed by atoms with Crippen molar-refractivity contribution in [2.24, 2.45) is 0 Å². The van der Waals surface area contributed by atoms with Crippen LogP contribution >= 0.6 is 0 Å². The lowest BCUT2D eigenvalue weighted by atomic mass is 10.0. The molecule has 2 aromatic rings. The van der Waals surface area contributed by atoms with Crippen molar-refractivity contribution in [3.05, 3.63) is 47.4 Å². The highest BCUT2D eigenvalue weighted by molar-refractivity contribution is 5.63. The summed E-state index contributed by atoms with van der Waals surface area (Å²) >= 11 is 0. The number of aromatic nitrogens is 2. The largest absolute Gasteiger partial charge is 0.308 e. The molecule has 1 heterocycles. The summed E-state index contributed by atoms with van der Waals surface area (Å²) in [5, 5.41) is 3.25. The number of rotatable bonds is 3. The van der Waals surface area contributed by atoms with Gasteiger partial charge in [0, 0.05) is 11.3 Å². The van der Waals surface area contributed by atoms with E-state index in [1.54, 1.807) is 0 Å². The molecule has 3 nitrogen and oxygen atoms in total. The minimum atomic E-state index is -0.233. The van der Waals surface area contributed by atoms with Crippen LogP contribution in [0.15, 0.2) is 30.3 Å². The van der Waals surface area contributed by atoms with Gasteiger partial charge in [0.1, 0.15) is 5.82 Å². The second-order valence-corrected chi connectivity index (χ2v) is 5.41. The maximum Gasteiger partial charge on any atom is 0.148 e. The highest BCUT2D eigenvalue weighted by Gasteiger charge is 2.22. The number of aryl methyl sites for hydroxylation is 2. The van der Waals surface area contributed by atoms with Crippen LogP contribution < -0.4 is 5.32 Å². The zero-order valence-electron chi connectivity index (χ0n) is 12.3. The third-order valence-electron chi connectivity index (χ3n) is 3.46.